The van der Waals surface area contributed by atoms with Gasteiger partial charge in [-0.25, -0.2) is 0 Å². The van der Waals surface area contributed by atoms with E-state index in [2.05, 4.69) is 61.9 Å². The summed E-state index contributed by atoms with van der Waals surface area (Å²) in [4.78, 5) is 6.75. The van der Waals surface area contributed by atoms with Crippen LogP contribution in [0.5, 0.6) is 0 Å². The van der Waals surface area contributed by atoms with E-state index in [0.29, 0.717) is 11.4 Å². The number of nitrogens with one attached hydrogen (secondary N) is 2. The van der Waals surface area contributed by atoms with Gasteiger partial charge in [-0.05, 0) is 54.5 Å². The first-order valence-electron chi connectivity index (χ1n) is 9.35. The molecule has 136 valence electrons. The summed E-state index contributed by atoms with van der Waals surface area (Å²) < 4.78 is 0. The number of nitrogens with zero attached hydrogens (tertiary/aromatic N) is 2. The number of aromatic amines is 2. The molecule has 1 aromatic carbocycles. The first-order valence-corrected chi connectivity index (χ1v) is 9.35. The summed E-state index contributed by atoms with van der Waals surface area (Å²) >= 11 is 0. The van der Waals surface area contributed by atoms with Crippen molar-refractivity contribution in [1.82, 2.24) is 9.97 Å². The van der Waals surface area contributed by atoms with Crippen molar-refractivity contribution in [3.8, 4) is 12.1 Å². The van der Waals surface area contributed by atoms with Crippen LogP contribution in [0.4, 0.5) is 0 Å². The molecule has 0 unspecified atom stereocenters. The molecule has 0 saturated carbocycles. The number of benzene rings is 1. The van der Waals surface area contributed by atoms with Crippen molar-refractivity contribution in [2.75, 3.05) is 0 Å². The van der Waals surface area contributed by atoms with Crippen LogP contribution in [-0.2, 0) is 12.8 Å². The summed E-state index contributed by atoms with van der Waals surface area (Å²) in [5.41, 5.74) is 8.80. The Labute approximate surface area is 160 Å². The lowest BCUT2D eigenvalue weighted by Gasteiger charge is -2.18. The third kappa shape index (κ3) is 3.04. The first kappa shape index (κ1) is 18.5. The molecule has 0 fully saturated rings. The van der Waals surface area contributed by atoms with Gasteiger partial charge in [0.15, 0.2) is 0 Å². The van der Waals surface area contributed by atoms with Crippen molar-refractivity contribution < 1.29 is 0 Å². The minimum atomic E-state index is -0.0778. The second kappa shape index (κ2) is 7.56. The van der Waals surface area contributed by atoms with Crippen LogP contribution in [0.25, 0.3) is 0 Å². The van der Waals surface area contributed by atoms with E-state index in [4.69, 9.17) is 0 Å². The van der Waals surface area contributed by atoms with E-state index in [-0.39, 0.29) is 5.92 Å². The predicted octanol–water partition coefficient (Wildman–Crippen LogP) is 5.01. The molecule has 0 aliphatic heterocycles. The van der Waals surface area contributed by atoms with Gasteiger partial charge in [0.05, 0.1) is 5.92 Å². The predicted molar refractivity (Wildman–Crippen MR) is 107 cm³/mol. The second-order valence-electron chi connectivity index (χ2n) is 6.81. The van der Waals surface area contributed by atoms with Gasteiger partial charge in [-0.3, -0.25) is 0 Å². The highest BCUT2D eigenvalue weighted by Gasteiger charge is 2.28. The second-order valence-corrected chi connectivity index (χ2v) is 6.81. The molecule has 2 aromatic heterocycles. The molecule has 3 rings (SSSR count). The van der Waals surface area contributed by atoms with Crippen LogP contribution in [0.3, 0.4) is 0 Å². The summed E-state index contributed by atoms with van der Waals surface area (Å²) in [5.74, 6) is -0.0778. The average molecular weight is 356 g/mol. The van der Waals surface area contributed by atoms with Gasteiger partial charge in [-0.2, -0.15) is 10.5 Å². The highest BCUT2D eigenvalue weighted by molar-refractivity contribution is 5.53. The van der Waals surface area contributed by atoms with Crippen LogP contribution < -0.4 is 0 Å². The molecular weight excluding hydrogens is 332 g/mol. The SMILES string of the molecule is CCc1c(C#N)[nH]c(C(c2ccccc2)c2[nH]c(C#N)c(CC)c2C)c1C. The van der Waals surface area contributed by atoms with Crippen LogP contribution in [0, 0.1) is 36.5 Å². The van der Waals surface area contributed by atoms with Crippen molar-refractivity contribution in [1.29, 1.82) is 10.5 Å². The Morgan fingerprint density at radius 1 is 0.815 bits per heavy atom. The molecule has 27 heavy (non-hydrogen) atoms. The number of rotatable bonds is 5. The molecule has 4 nitrogen and oxygen atoms in total. The van der Waals surface area contributed by atoms with Crippen LogP contribution >= 0.6 is 0 Å². The summed E-state index contributed by atoms with van der Waals surface area (Å²) in [6, 6.07) is 14.8. The fraction of sp³-hybridized carbons (Fsp3) is 0.304. The molecule has 2 heterocycles. The maximum Gasteiger partial charge on any atom is 0.121 e. The maximum absolute atomic E-state index is 9.56. The van der Waals surface area contributed by atoms with Gasteiger partial charge in [0.2, 0.25) is 0 Å². The Kier molecular flexibility index (Phi) is 5.19. The highest BCUT2D eigenvalue weighted by Crippen LogP contribution is 2.38. The third-order valence-corrected chi connectivity index (χ3v) is 5.48. The first-order chi connectivity index (χ1) is 13.1. The molecule has 4 heteroatoms. The molecule has 0 spiro atoms. The molecule has 0 radical (unpaired) electrons. The van der Waals surface area contributed by atoms with Crippen LogP contribution in [-0.4, -0.2) is 9.97 Å². The maximum atomic E-state index is 9.56. The van der Waals surface area contributed by atoms with Gasteiger partial charge >= 0.3 is 0 Å². The van der Waals surface area contributed by atoms with Gasteiger partial charge in [0.1, 0.15) is 23.5 Å². The number of hydrogen-bond donors (Lipinski definition) is 2. The van der Waals surface area contributed by atoms with E-state index in [1.165, 1.54) is 0 Å². The summed E-state index contributed by atoms with van der Waals surface area (Å²) in [5, 5.41) is 19.1. The van der Waals surface area contributed by atoms with Crippen molar-refractivity contribution in [3.63, 3.8) is 0 Å². The van der Waals surface area contributed by atoms with Gasteiger partial charge in [-0.1, -0.05) is 44.2 Å². The highest BCUT2D eigenvalue weighted by atomic mass is 14.8. The zero-order valence-corrected chi connectivity index (χ0v) is 16.3. The van der Waals surface area contributed by atoms with E-state index >= 15 is 0 Å². The number of nitriles is 2. The lowest BCUT2D eigenvalue weighted by Crippen LogP contribution is -2.08. The zero-order chi connectivity index (χ0) is 19.6. The summed E-state index contributed by atoms with van der Waals surface area (Å²) in [6.07, 6.45) is 1.61. The quantitative estimate of drug-likeness (QED) is 0.674. The fourth-order valence-electron chi connectivity index (χ4n) is 4.08. The summed E-state index contributed by atoms with van der Waals surface area (Å²) in [7, 11) is 0. The minimum absolute atomic E-state index is 0.0778. The van der Waals surface area contributed by atoms with E-state index in [0.717, 1.165) is 52.0 Å². The average Bonchev–Trinajstić information content (AvgIpc) is 3.19. The standard InChI is InChI=1S/C23H24N4/c1-5-17-14(3)22(26-19(17)12-24)21(16-10-8-7-9-11-16)23-15(4)18(6-2)20(13-25)27-23/h7-11,21,26-27H,5-6H2,1-4H3. The third-order valence-electron chi connectivity index (χ3n) is 5.48. The minimum Gasteiger partial charge on any atom is -0.349 e. The summed E-state index contributed by atoms with van der Waals surface area (Å²) in [6.45, 7) is 8.29. The number of hydrogen-bond acceptors (Lipinski definition) is 2. The molecule has 0 aliphatic rings. The topological polar surface area (TPSA) is 79.2 Å². The van der Waals surface area contributed by atoms with Gasteiger partial charge in [0, 0.05) is 11.4 Å². The smallest absolute Gasteiger partial charge is 0.121 e. The van der Waals surface area contributed by atoms with E-state index in [9.17, 15) is 10.5 Å². The van der Waals surface area contributed by atoms with E-state index < -0.39 is 0 Å². The van der Waals surface area contributed by atoms with Crippen molar-refractivity contribution >= 4 is 0 Å². The monoisotopic (exact) mass is 356 g/mol. The van der Waals surface area contributed by atoms with Crippen molar-refractivity contribution in [3.05, 3.63) is 80.9 Å². The van der Waals surface area contributed by atoms with Crippen LogP contribution in [0.15, 0.2) is 30.3 Å². The Bertz CT molecular complexity index is 973. The molecule has 0 aliphatic carbocycles. The Morgan fingerprint density at radius 2 is 1.26 bits per heavy atom. The normalized spacial score (nSPS) is 10.8. The largest absolute Gasteiger partial charge is 0.349 e. The van der Waals surface area contributed by atoms with Crippen LogP contribution in [0.1, 0.15) is 70.4 Å². The molecule has 0 amide bonds. The molecule has 0 saturated heterocycles. The van der Waals surface area contributed by atoms with Gasteiger partial charge in [-0.15, -0.1) is 0 Å². The van der Waals surface area contributed by atoms with E-state index in [1.54, 1.807) is 0 Å². The molecule has 2 N–H and O–H groups in total. The van der Waals surface area contributed by atoms with Crippen molar-refractivity contribution in [2.45, 2.75) is 46.5 Å². The van der Waals surface area contributed by atoms with Gasteiger partial charge in [0.25, 0.3) is 0 Å². The molecule has 0 atom stereocenters. The lowest BCUT2D eigenvalue weighted by molar-refractivity contribution is 0.874. The molecule has 3 aromatic rings. The zero-order valence-electron chi connectivity index (χ0n) is 16.3. The Morgan fingerprint density at radius 3 is 1.59 bits per heavy atom. The van der Waals surface area contributed by atoms with Crippen LogP contribution in [0.2, 0.25) is 0 Å². The fourth-order valence-corrected chi connectivity index (χ4v) is 4.08. The molecular formula is C23H24N4. The Hall–Kier alpha value is -3.24. The van der Waals surface area contributed by atoms with E-state index in [1.807, 2.05) is 18.2 Å². The number of aromatic nitrogens is 2. The lowest BCUT2D eigenvalue weighted by atomic mass is 9.87. The molecule has 0 bridgehead atoms. The number of H-pyrrole nitrogens is 2. The Balaban J connectivity index is 2.31. The van der Waals surface area contributed by atoms with Gasteiger partial charge < -0.3 is 9.97 Å². The van der Waals surface area contributed by atoms with Crippen molar-refractivity contribution in [2.24, 2.45) is 0 Å².